The number of hydrogen-bond donors (Lipinski definition) is 2. The highest BCUT2D eigenvalue weighted by molar-refractivity contribution is 5.88. The standard InChI is InChI=1S/C28H25NO4/c30-20(17-32-27-15-7-9-19-8-1-2-10-21(19)27)16-29-28(31)33-18-26-24-13-5-3-11-22(24)23-12-4-6-14-25(23)26/h1-15,20,26,30H,16-18H2,(H,29,31). The predicted octanol–water partition coefficient (Wildman–Crippen LogP) is 5.12. The molecule has 0 aliphatic heterocycles. The summed E-state index contributed by atoms with van der Waals surface area (Å²) in [6.07, 6.45) is -1.41. The summed E-state index contributed by atoms with van der Waals surface area (Å²) in [5, 5.41) is 15.0. The van der Waals surface area contributed by atoms with Crippen LogP contribution in [-0.2, 0) is 4.74 Å². The number of hydrogen-bond acceptors (Lipinski definition) is 4. The van der Waals surface area contributed by atoms with E-state index in [1.807, 2.05) is 66.7 Å². The summed E-state index contributed by atoms with van der Waals surface area (Å²) < 4.78 is 11.3. The maximum atomic E-state index is 12.3. The van der Waals surface area contributed by atoms with E-state index in [2.05, 4.69) is 29.6 Å². The van der Waals surface area contributed by atoms with Crippen LogP contribution in [0, 0.1) is 0 Å². The van der Waals surface area contributed by atoms with Gasteiger partial charge in [0.15, 0.2) is 0 Å². The number of aliphatic hydroxyl groups excluding tert-OH is 1. The molecule has 0 radical (unpaired) electrons. The molecule has 166 valence electrons. The van der Waals surface area contributed by atoms with Gasteiger partial charge in [-0.25, -0.2) is 4.79 Å². The van der Waals surface area contributed by atoms with Gasteiger partial charge in [-0.15, -0.1) is 0 Å². The molecule has 0 fully saturated rings. The Bertz CT molecular complexity index is 1230. The fourth-order valence-electron chi connectivity index (χ4n) is 4.42. The molecule has 0 heterocycles. The minimum Gasteiger partial charge on any atom is -0.490 e. The zero-order chi connectivity index (χ0) is 22.6. The number of rotatable bonds is 7. The molecule has 33 heavy (non-hydrogen) atoms. The van der Waals surface area contributed by atoms with Crippen LogP contribution in [0.25, 0.3) is 21.9 Å². The Kier molecular flexibility index (Phi) is 5.96. The van der Waals surface area contributed by atoms with Gasteiger partial charge in [-0.3, -0.25) is 0 Å². The topological polar surface area (TPSA) is 67.8 Å². The van der Waals surface area contributed by atoms with Crippen LogP contribution < -0.4 is 10.1 Å². The summed E-state index contributed by atoms with van der Waals surface area (Å²) in [4.78, 5) is 12.3. The lowest BCUT2D eigenvalue weighted by Crippen LogP contribution is -2.36. The van der Waals surface area contributed by atoms with Crippen LogP contribution in [0.3, 0.4) is 0 Å². The van der Waals surface area contributed by atoms with Crippen LogP contribution in [0.2, 0.25) is 0 Å². The highest BCUT2D eigenvalue weighted by Crippen LogP contribution is 2.44. The smallest absolute Gasteiger partial charge is 0.407 e. The summed E-state index contributed by atoms with van der Waals surface area (Å²) in [5.74, 6) is 0.705. The molecule has 1 aliphatic carbocycles. The Labute approximate surface area is 192 Å². The molecule has 0 spiro atoms. The van der Waals surface area contributed by atoms with E-state index in [4.69, 9.17) is 9.47 Å². The number of alkyl carbamates (subject to hydrolysis) is 1. The summed E-state index contributed by atoms with van der Waals surface area (Å²) in [7, 11) is 0. The number of ether oxygens (including phenoxy) is 2. The average molecular weight is 440 g/mol. The van der Waals surface area contributed by atoms with Gasteiger partial charge >= 0.3 is 6.09 Å². The van der Waals surface area contributed by atoms with E-state index < -0.39 is 12.2 Å². The molecule has 1 atom stereocenters. The Hall–Kier alpha value is -3.83. The molecular weight excluding hydrogens is 414 g/mol. The fourth-order valence-corrected chi connectivity index (χ4v) is 4.42. The van der Waals surface area contributed by atoms with Gasteiger partial charge in [0.05, 0.1) is 6.54 Å². The van der Waals surface area contributed by atoms with Crippen molar-refractivity contribution in [1.82, 2.24) is 5.32 Å². The second-order valence-electron chi connectivity index (χ2n) is 8.15. The molecule has 5 nitrogen and oxygen atoms in total. The van der Waals surface area contributed by atoms with Gasteiger partial charge < -0.3 is 19.9 Å². The maximum Gasteiger partial charge on any atom is 0.407 e. The molecule has 5 heteroatoms. The van der Waals surface area contributed by atoms with Crippen molar-refractivity contribution in [2.24, 2.45) is 0 Å². The SMILES string of the molecule is O=C(NCC(O)COc1cccc2ccccc12)OCC1c2ccccc2-c2ccccc21. The van der Waals surface area contributed by atoms with E-state index in [1.54, 1.807) is 0 Å². The summed E-state index contributed by atoms with van der Waals surface area (Å²) in [5.41, 5.74) is 4.69. The van der Waals surface area contributed by atoms with E-state index in [1.165, 1.54) is 11.1 Å². The number of benzene rings is 4. The van der Waals surface area contributed by atoms with Gasteiger partial charge in [0, 0.05) is 11.3 Å². The quantitative estimate of drug-likeness (QED) is 0.420. The molecule has 1 aliphatic rings. The van der Waals surface area contributed by atoms with Crippen molar-refractivity contribution in [2.75, 3.05) is 19.8 Å². The van der Waals surface area contributed by atoms with E-state index in [9.17, 15) is 9.90 Å². The minimum absolute atomic E-state index is 0.00256. The van der Waals surface area contributed by atoms with Crippen molar-refractivity contribution in [1.29, 1.82) is 0 Å². The monoisotopic (exact) mass is 439 g/mol. The Morgan fingerprint density at radius 3 is 2.24 bits per heavy atom. The third kappa shape index (κ3) is 4.41. The van der Waals surface area contributed by atoms with Crippen LogP contribution >= 0.6 is 0 Å². The molecule has 2 N–H and O–H groups in total. The second kappa shape index (κ2) is 9.35. The molecule has 5 rings (SSSR count). The van der Waals surface area contributed by atoms with Crippen molar-refractivity contribution < 1.29 is 19.4 Å². The highest BCUT2D eigenvalue weighted by Gasteiger charge is 2.29. The van der Waals surface area contributed by atoms with Gasteiger partial charge in [0.2, 0.25) is 0 Å². The minimum atomic E-state index is -0.857. The van der Waals surface area contributed by atoms with Gasteiger partial charge in [-0.2, -0.15) is 0 Å². The van der Waals surface area contributed by atoms with Crippen LogP contribution in [0.1, 0.15) is 17.0 Å². The number of fused-ring (bicyclic) bond motifs is 4. The lowest BCUT2D eigenvalue weighted by Gasteiger charge is -2.16. The zero-order valence-electron chi connectivity index (χ0n) is 18.1. The van der Waals surface area contributed by atoms with Gasteiger partial charge in [0.25, 0.3) is 0 Å². The van der Waals surface area contributed by atoms with Crippen LogP contribution in [0.5, 0.6) is 5.75 Å². The molecule has 0 bridgehead atoms. The molecule has 4 aromatic rings. The van der Waals surface area contributed by atoms with Crippen LogP contribution in [0.15, 0.2) is 91.0 Å². The molecule has 1 amide bonds. The summed E-state index contributed by atoms with van der Waals surface area (Å²) in [6, 6.07) is 30.1. The van der Waals surface area contributed by atoms with Crippen molar-refractivity contribution >= 4 is 16.9 Å². The van der Waals surface area contributed by atoms with Crippen molar-refractivity contribution in [2.45, 2.75) is 12.0 Å². The highest BCUT2D eigenvalue weighted by atomic mass is 16.5. The third-order valence-electron chi connectivity index (χ3n) is 6.01. The molecule has 0 aromatic heterocycles. The largest absolute Gasteiger partial charge is 0.490 e. The van der Waals surface area contributed by atoms with E-state index in [-0.39, 0.29) is 25.7 Å². The molecule has 0 saturated heterocycles. The van der Waals surface area contributed by atoms with Crippen LogP contribution in [-0.4, -0.2) is 37.1 Å². The molecule has 0 saturated carbocycles. The van der Waals surface area contributed by atoms with Crippen molar-refractivity contribution in [3.05, 3.63) is 102 Å². The van der Waals surface area contributed by atoms with Crippen LogP contribution in [0.4, 0.5) is 4.79 Å². The molecule has 4 aromatic carbocycles. The first-order valence-electron chi connectivity index (χ1n) is 11.1. The molecular formula is C28H25NO4. The Morgan fingerprint density at radius 2 is 1.48 bits per heavy atom. The lowest BCUT2D eigenvalue weighted by molar-refractivity contribution is 0.0980. The van der Waals surface area contributed by atoms with E-state index >= 15 is 0 Å². The molecule has 1 unspecified atom stereocenters. The van der Waals surface area contributed by atoms with Crippen molar-refractivity contribution in [3.63, 3.8) is 0 Å². The number of nitrogens with one attached hydrogen (secondary N) is 1. The Balaban J connectivity index is 1.13. The number of amides is 1. The Morgan fingerprint density at radius 1 is 0.848 bits per heavy atom. The van der Waals surface area contributed by atoms with Gasteiger partial charge in [0.1, 0.15) is 25.1 Å². The van der Waals surface area contributed by atoms with E-state index in [0.29, 0.717) is 5.75 Å². The predicted molar refractivity (Wildman–Crippen MR) is 129 cm³/mol. The number of aliphatic hydroxyl groups is 1. The number of carbonyl (C=O) groups excluding carboxylic acids is 1. The number of carbonyl (C=O) groups is 1. The fraction of sp³-hybridized carbons (Fsp3) is 0.179. The van der Waals surface area contributed by atoms with Gasteiger partial charge in [-0.1, -0.05) is 84.9 Å². The first kappa shape index (κ1) is 21.0. The second-order valence-corrected chi connectivity index (χ2v) is 8.15. The average Bonchev–Trinajstić information content (AvgIpc) is 3.18. The van der Waals surface area contributed by atoms with Gasteiger partial charge in [-0.05, 0) is 33.7 Å². The van der Waals surface area contributed by atoms with E-state index in [0.717, 1.165) is 21.9 Å². The normalized spacial score (nSPS) is 13.2. The summed E-state index contributed by atoms with van der Waals surface area (Å²) in [6.45, 7) is 0.349. The summed E-state index contributed by atoms with van der Waals surface area (Å²) >= 11 is 0. The third-order valence-corrected chi connectivity index (χ3v) is 6.01. The first-order valence-corrected chi connectivity index (χ1v) is 11.1. The maximum absolute atomic E-state index is 12.3. The van der Waals surface area contributed by atoms with Crippen molar-refractivity contribution in [3.8, 4) is 16.9 Å². The first-order chi connectivity index (χ1) is 16.2. The zero-order valence-corrected chi connectivity index (χ0v) is 18.1. The lowest BCUT2D eigenvalue weighted by atomic mass is 9.98.